The maximum absolute atomic E-state index is 8.92. The molecule has 0 amide bonds. The topological polar surface area (TPSA) is 35.8 Å². The first-order chi connectivity index (χ1) is 8.51. The van der Waals surface area contributed by atoms with Gasteiger partial charge in [-0.3, -0.25) is 0 Å². The molecule has 0 heterocycles. The Kier molecular flexibility index (Phi) is 5.84. The molecule has 1 atom stereocenters. The van der Waals surface area contributed by atoms with E-state index in [1.165, 1.54) is 5.56 Å². The summed E-state index contributed by atoms with van der Waals surface area (Å²) in [6.07, 6.45) is 0.902. The standard InChI is InChI=1S/C15H21BrN2/c1-4-12(9-17)10-18-11-15(2,3)13-7-5-6-8-14(13)16/h5-8,12,18H,4,10-11H2,1-3H3. The third-order valence-electron chi connectivity index (χ3n) is 3.24. The van der Waals surface area contributed by atoms with Gasteiger partial charge in [0.2, 0.25) is 0 Å². The van der Waals surface area contributed by atoms with Crippen molar-refractivity contribution in [3.63, 3.8) is 0 Å². The Hall–Kier alpha value is -0.850. The van der Waals surface area contributed by atoms with E-state index in [9.17, 15) is 0 Å². The minimum Gasteiger partial charge on any atom is -0.315 e. The molecule has 1 aromatic carbocycles. The number of nitriles is 1. The van der Waals surface area contributed by atoms with E-state index in [2.05, 4.69) is 66.3 Å². The third kappa shape index (κ3) is 4.12. The molecule has 1 aromatic rings. The van der Waals surface area contributed by atoms with Crippen molar-refractivity contribution in [2.75, 3.05) is 13.1 Å². The van der Waals surface area contributed by atoms with Crippen LogP contribution in [0.25, 0.3) is 0 Å². The van der Waals surface area contributed by atoms with Crippen LogP contribution in [-0.2, 0) is 5.41 Å². The van der Waals surface area contributed by atoms with E-state index in [0.717, 1.165) is 24.0 Å². The quantitative estimate of drug-likeness (QED) is 0.866. The van der Waals surface area contributed by atoms with Gasteiger partial charge in [-0.2, -0.15) is 5.26 Å². The predicted molar refractivity (Wildman–Crippen MR) is 79.4 cm³/mol. The number of benzene rings is 1. The van der Waals surface area contributed by atoms with E-state index in [4.69, 9.17) is 5.26 Å². The van der Waals surface area contributed by atoms with Crippen molar-refractivity contribution in [1.82, 2.24) is 5.32 Å². The second kappa shape index (κ2) is 6.92. The first-order valence-electron chi connectivity index (χ1n) is 6.36. The van der Waals surface area contributed by atoms with Gasteiger partial charge in [0, 0.05) is 23.0 Å². The van der Waals surface area contributed by atoms with Crippen LogP contribution < -0.4 is 5.32 Å². The summed E-state index contributed by atoms with van der Waals surface area (Å²) in [6, 6.07) is 10.6. The van der Waals surface area contributed by atoms with Crippen molar-refractivity contribution in [3.8, 4) is 6.07 Å². The fraction of sp³-hybridized carbons (Fsp3) is 0.533. The number of hydrogen-bond donors (Lipinski definition) is 1. The molecule has 0 aliphatic carbocycles. The van der Waals surface area contributed by atoms with Crippen molar-refractivity contribution in [1.29, 1.82) is 5.26 Å². The molecule has 0 aliphatic rings. The van der Waals surface area contributed by atoms with Crippen LogP contribution in [0.4, 0.5) is 0 Å². The lowest BCUT2D eigenvalue weighted by Crippen LogP contribution is -2.35. The predicted octanol–water partition coefficient (Wildman–Crippen LogP) is 3.87. The van der Waals surface area contributed by atoms with E-state index in [1.54, 1.807) is 0 Å². The smallest absolute Gasteiger partial charge is 0.0669 e. The monoisotopic (exact) mass is 308 g/mol. The molecule has 18 heavy (non-hydrogen) atoms. The summed E-state index contributed by atoms with van der Waals surface area (Å²) < 4.78 is 1.14. The summed E-state index contributed by atoms with van der Waals surface area (Å²) in [7, 11) is 0. The van der Waals surface area contributed by atoms with Crippen molar-refractivity contribution in [3.05, 3.63) is 34.3 Å². The number of nitrogens with zero attached hydrogens (tertiary/aromatic N) is 1. The molecule has 1 N–H and O–H groups in total. The van der Waals surface area contributed by atoms with Crippen LogP contribution in [0.1, 0.15) is 32.8 Å². The number of nitrogens with one attached hydrogen (secondary N) is 1. The molecule has 1 unspecified atom stereocenters. The Bertz CT molecular complexity index is 421. The molecule has 1 rings (SSSR count). The van der Waals surface area contributed by atoms with E-state index in [1.807, 2.05) is 6.07 Å². The van der Waals surface area contributed by atoms with Gasteiger partial charge in [-0.15, -0.1) is 0 Å². The van der Waals surface area contributed by atoms with Crippen molar-refractivity contribution >= 4 is 15.9 Å². The molecule has 3 heteroatoms. The first kappa shape index (κ1) is 15.2. The zero-order valence-corrected chi connectivity index (χ0v) is 12.9. The van der Waals surface area contributed by atoms with Gasteiger partial charge in [-0.05, 0) is 18.1 Å². The third-order valence-corrected chi connectivity index (χ3v) is 3.93. The molecular formula is C15H21BrN2. The number of rotatable bonds is 6. The zero-order chi connectivity index (χ0) is 13.6. The van der Waals surface area contributed by atoms with E-state index >= 15 is 0 Å². The SMILES string of the molecule is CCC(C#N)CNCC(C)(C)c1ccccc1Br. The maximum Gasteiger partial charge on any atom is 0.0669 e. The van der Waals surface area contributed by atoms with Crippen LogP contribution in [0.3, 0.4) is 0 Å². The molecule has 0 saturated carbocycles. The minimum atomic E-state index is 0.0494. The molecule has 0 saturated heterocycles. The van der Waals surface area contributed by atoms with Gasteiger partial charge in [0.15, 0.2) is 0 Å². The molecule has 98 valence electrons. The Morgan fingerprint density at radius 1 is 1.39 bits per heavy atom. The van der Waals surface area contributed by atoms with Crippen molar-refractivity contribution in [2.45, 2.75) is 32.6 Å². The van der Waals surface area contributed by atoms with Gasteiger partial charge >= 0.3 is 0 Å². The molecule has 0 radical (unpaired) electrons. The minimum absolute atomic E-state index is 0.0494. The lowest BCUT2D eigenvalue weighted by Gasteiger charge is -2.27. The van der Waals surface area contributed by atoms with E-state index < -0.39 is 0 Å². The fourth-order valence-corrected chi connectivity index (χ4v) is 2.77. The first-order valence-corrected chi connectivity index (χ1v) is 7.16. The van der Waals surface area contributed by atoms with Gasteiger partial charge in [-0.25, -0.2) is 0 Å². The largest absolute Gasteiger partial charge is 0.315 e. The molecule has 0 aliphatic heterocycles. The normalized spacial score (nSPS) is 13.1. The van der Waals surface area contributed by atoms with Crippen LogP contribution in [0.15, 0.2) is 28.7 Å². The van der Waals surface area contributed by atoms with E-state index in [0.29, 0.717) is 0 Å². The average molecular weight is 309 g/mol. The summed E-state index contributed by atoms with van der Waals surface area (Å²) in [6.45, 7) is 8.12. The van der Waals surface area contributed by atoms with Gasteiger partial charge < -0.3 is 5.32 Å². The van der Waals surface area contributed by atoms with Gasteiger partial charge in [0.25, 0.3) is 0 Å². The lowest BCUT2D eigenvalue weighted by molar-refractivity contribution is 0.443. The molecular weight excluding hydrogens is 288 g/mol. The highest BCUT2D eigenvalue weighted by molar-refractivity contribution is 9.10. The highest BCUT2D eigenvalue weighted by Gasteiger charge is 2.22. The summed E-state index contributed by atoms with van der Waals surface area (Å²) >= 11 is 3.60. The maximum atomic E-state index is 8.92. The number of hydrogen-bond acceptors (Lipinski definition) is 2. The van der Waals surface area contributed by atoms with Gasteiger partial charge in [0.05, 0.1) is 12.0 Å². The molecule has 2 nitrogen and oxygen atoms in total. The van der Waals surface area contributed by atoms with Crippen LogP contribution in [0.5, 0.6) is 0 Å². The van der Waals surface area contributed by atoms with Crippen LogP contribution in [-0.4, -0.2) is 13.1 Å². The lowest BCUT2D eigenvalue weighted by atomic mass is 9.84. The Labute approximate surface area is 119 Å². The van der Waals surface area contributed by atoms with Crippen molar-refractivity contribution in [2.24, 2.45) is 5.92 Å². The second-order valence-electron chi connectivity index (χ2n) is 5.23. The average Bonchev–Trinajstić information content (AvgIpc) is 2.35. The van der Waals surface area contributed by atoms with E-state index in [-0.39, 0.29) is 11.3 Å². The summed E-state index contributed by atoms with van der Waals surface area (Å²) in [4.78, 5) is 0. The number of halogens is 1. The van der Waals surface area contributed by atoms with Crippen LogP contribution in [0, 0.1) is 17.2 Å². The molecule has 0 spiro atoms. The second-order valence-corrected chi connectivity index (χ2v) is 6.08. The highest BCUT2D eigenvalue weighted by Crippen LogP contribution is 2.29. The summed E-state index contributed by atoms with van der Waals surface area (Å²) in [5.41, 5.74) is 1.34. The van der Waals surface area contributed by atoms with Crippen LogP contribution >= 0.6 is 15.9 Å². The Morgan fingerprint density at radius 3 is 2.61 bits per heavy atom. The highest BCUT2D eigenvalue weighted by atomic mass is 79.9. The molecule has 0 bridgehead atoms. The summed E-state index contributed by atoms with van der Waals surface area (Å²) in [5.74, 6) is 0.111. The molecule has 0 fully saturated rings. The van der Waals surface area contributed by atoms with Crippen molar-refractivity contribution < 1.29 is 0 Å². The Morgan fingerprint density at radius 2 is 2.06 bits per heavy atom. The summed E-state index contributed by atoms with van der Waals surface area (Å²) in [5, 5.41) is 12.3. The Balaban J connectivity index is 2.61. The van der Waals surface area contributed by atoms with Crippen LogP contribution in [0.2, 0.25) is 0 Å². The van der Waals surface area contributed by atoms with Gasteiger partial charge in [-0.1, -0.05) is 54.9 Å². The molecule has 0 aromatic heterocycles. The van der Waals surface area contributed by atoms with Gasteiger partial charge in [0.1, 0.15) is 0 Å². The zero-order valence-electron chi connectivity index (χ0n) is 11.3. The fourth-order valence-electron chi connectivity index (χ4n) is 1.95.